The quantitative estimate of drug-likeness (QED) is 0.419. The van der Waals surface area contributed by atoms with Gasteiger partial charge >= 0.3 is 0 Å². The van der Waals surface area contributed by atoms with Gasteiger partial charge in [-0.05, 0) is 73.8 Å². The van der Waals surface area contributed by atoms with Gasteiger partial charge in [-0.25, -0.2) is 8.78 Å². The van der Waals surface area contributed by atoms with Crippen molar-refractivity contribution < 1.29 is 8.78 Å². The lowest BCUT2D eigenvalue weighted by atomic mass is 9.66. The Morgan fingerprint density at radius 3 is 1.93 bits per heavy atom. The first-order valence-electron chi connectivity index (χ1n) is 12.0. The number of aryl methyl sites for hydroxylation is 2. The summed E-state index contributed by atoms with van der Waals surface area (Å²) >= 11 is 0. The molecule has 2 aliphatic rings. The van der Waals surface area contributed by atoms with Crippen molar-refractivity contribution in [2.75, 3.05) is 0 Å². The summed E-state index contributed by atoms with van der Waals surface area (Å²) in [6.45, 7) is 4.34. The van der Waals surface area contributed by atoms with E-state index in [0.29, 0.717) is 0 Å². The van der Waals surface area contributed by atoms with E-state index in [2.05, 4.69) is 38.1 Å². The summed E-state index contributed by atoms with van der Waals surface area (Å²) in [5.41, 5.74) is 2.86. The van der Waals surface area contributed by atoms with Gasteiger partial charge in [0.25, 0.3) is 5.92 Å². The molecule has 0 N–H and O–H groups in total. The molecule has 0 aromatic heterocycles. The van der Waals surface area contributed by atoms with E-state index in [4.69, 9.17) is 0 Å². The van der Waals surface area contributed by atoms with Crippen LogP contribution >= 0.6 is 0 Å². The fourth-order valence-electron chi connectivity index (χ4n) is 5.91. The van der Waals surface area contributed by atoms with Crippen LogP contribution in [0.1, 0.15) is 95.6 Å². The van der Waals surface area contributed by atoms with Gasteiger partial charge < -0.3 is 0 Å². The molecular weight excluding hydrogens is 350 g/mol. The van der Waals surface area contributed by atoms with Crippen molar-refractivity contribution in [2.45, 2.75) is 103 Å². The Hall–Kier alpha value is -0.920. The van der Waals surface area contributed by atoms with Crippen molar-refractivity contribution in [1.29, 1.82) is 0 Å². The van der Waals surface area contributed by atoms with Crippen LogP contribution in [0.2, 0.25) is 0 Å². The molecule has 2 aliphatic carbocycles. The van der Waals surface area contributed by atoms with Gasteiger partial charge in [-0.2, -0.15) is 0 Å². The second-order valence-corrected chi connectivity index (χ2v) is 9.69. The minimum atomic E-state index is -2.42. The van der Waals surface area contributed by atoms with Gasteiger partial charge in [-0.1, -0.05) is 70.2 Å². The van der Waals surface area contributed by atoms with Crippen LogP contribution in [0.5, 0.6) is 0 Å². The van der Waals surface area contributed by atoms with Gasteiger partial charge in [0.05, 0.1) is 0 Å². The van der Waals surface area contributed by atoms with Crippen LogP contribution in [0.25, 0.3) is 0 Å². The predicted octanol–water partition coefficient (Wildman–Crippen LogP) is 8.23. The molecule has 2 saturated carbocycles. The molecule has 28 heavy (non-hydrogen) atoms. The highest BCUT2D eigenvalue weighted by Gasteiger charge is 2.48. The molecule has 2 heteroatoms. The normalized spacial score (nSPS) is 30.3. The van der Waals surface area contributed by atoms with E-state index in [0.717, 1.165) is 70.1 Å². The Morgan fingerprint density at radius 2 is 1.36 bits per heavy atom. The molecule has 0 heterocycles. The van der Waals surface area contributed by atoms with Crippen LogP contribution in [-0.4, -0.2) is 5.92 Å². The number of rotatable bonds is 8. The Labute approximate surface area is 171 Å². The fraction of sp³-hybridized carbons (Fsp3) is 0.769. The zero-order valence-electron chi connectivity index (χ0n) is 18.1. The largest absolute Gasteiger partial charge is 0.251 e. The summed E-state index contributed by atoms with van der Waals surface area (Å²) < 4.78 is 29.6. The minimum Gasteiger partial charge on any atom is -0.207 e. The third kappa shape index (κ3) is 5.80. The zero-order valence-corrected chi connectivity index (χ0v) is 18.1. The molecule has 0 nitrogen and oxygen atoms in total. The van der Waals surface area contributed by atoms with E-state index in [1.165, 1.54) is 24.0 Å². The number of hydrogen-bond acceptors (Lipinski definition) is 0. The summed E-state index contributed by atoms with van der Waals surface area (Å²) in [4.78, 5) is 0. The smallest absolute Gasteiger partial charge is 0.207 e. The third-order valence-corrected chi connectivity index (χ3v) is 7.55. The van der Waals surface area contributed by atoms with Crippen LogP contribution in [0, 0.1) is 23.7 Å². The van der Waals surface area contributed by atoms with Gasteiger partial charge in [0.1, 0.15) is 0 Å². The molecule has 0 spiro atoms. The van der Waals surface area contributed by atoms with Crippen molar-refractivity contribution in [3.8, 4) is 0 Å². The maximum absolute atomic E-state index is 14.8. The average Bonchev–Trinajstić information content (AvgIpc) is 2.68. The van der Waals surface area contributed by atoms with E-state index in [9.17, 15) is 8.78 Å². The first-order chi connectivity index (χ1) is 13.5. The molecule has 3 rings (SSSR count). The summed E-state index contributed by atoms with van der Waals surface area (Å²) in [7, 11) is 0. The van der Waals surface area contributed by atoms with E-state index >= 15 is 0 Å². The number of halogens is 2. The summed E-state index contributed by atoms with van der Waals surface area (Å²) in [6.07, 6.45) is 13.0. The maximum Gasteiger partial charge on any atom is 0.251 e. The number of alkyl halides is 2. The van der Waals surface area contributed by atoms with Gasteiger partial charge in [-0.3, -0.25) is 0 Å². The van der Waals surface area contributed by atoms with E-state index < -0.39 is 5.92 Å². The molecule has 0 aliphatic heterocycles. The Kier molecular flexibility index (Phi) is 7.94. The van der Waals surface area contributed by atoms with Crippen molar-refractivity contribution in [2.24, 2.45) is 23.7 Å². The molecule has 0 radical (unpaired) electrons. The van der Waals surface area contributed by atoms with Crippen molar-refractivity contribution in [3.63, 3.8) is 0 Å². The third-order valence-electron chi connectivity index (χ3n) is 7.55. The second kappa shape index (κ2) is 10.2. The Bertz CT molecular complexity index is 569. The molecule has 2 fully saturated rings. The highest BCUT2D eigenvalue weighted by Crippen LogP contribution is 2.50. The zero-order chi connectivity index (χ0) is 20.0. The lowest BCUT2D eigenvalue weighted by Crippen LogP contribution is -2.41. The Balaban J connectivity index is 1.43. The Morgan fingerprint density at radius 1 is 0.750 bits per heavy atom. The van der Waals surface area contributed by atoms with Crippen LogP contribution in [0.4, 0.5) is 8.78 Å². The van der Waals surface area contributed by atoms with E-state index in [-0.39, 0.29) is 24.2 Å². The van der Waals surface area contributed by atoms with Gasteiger partial charge in [0.2, 0.25) is 0 Å². The molecule has 2 unspecified atom stereocenters. The van der Waals surface area contributed by atoms with Crippen LogP contribution in [-0.2, 0) is 12.8 Å². The standard InChI is InChI=1S/C26H40F2/c1-3-5-20-7-9-21(10-8-20)11-12-22-13-16-24(17-14-22)25-18-15-23(6-4-2)19-26(25,27)28/h7-10,22-25H,3-6,11-19H2,1-2H3. The monoisotopic (exact) mass is 390 g/mol. The van der Waals surface area contributed by atoms with Gasteiger partial charge in [-0.15, -0.1) is 0 Å². The molecule has 0 bridgehead atoms. The second-order valence-electron chi connectivity index (χ2n) is 9.69. The molecule has 158 valence electrons. The highest BCUT2D eigenvalue weighted by atomic mass is 19.3. The van der Waals surface area contributed by atoms with Crippen LogP contribution < -0.4 is 0 Å². The molecule has 2 atom stereocenters. The van der Waals surface area contributed by atoms with Crippen LogP contribution in [0.15, 0.2) is 24.3 Å². The van der Waals surface area contributed by atoms with E-state index in [1.54, 1.807) is 0 Å². The average molecular weight is 391 g/mol. The van der Waals surface area contributed by atoms with Crippen molar-refractivity contribution in [1.82, 2.24) is 0 Å². The molecule has 0 amide bonds. The topological polar surface area (TPSA) is 0 Å². The highest BCUT2D eigenvalue weighted by molar-refractivity contribution is 5.22. The minimum absolute atomic E-state index is 0.152. The van der Waals surface area contributed by atoms with Gasteiger partial charge in [0.15, 0.2) is 0 Å². The number of benzene rings is 1. The lowest BCUT2D eigenvalue weighted by molar-refractivity contribution is -0.128. The molecular formula is C26H40F2. The fourth-order valence-corrected chi connectivity index (χ4v) is 5.91. The maximum atomic E-state index is 14.8. The SMILES string of the molecule is CCCc1ccc(CCC2CCC(C3CCC(CCC)CC3(F)F)CC2)cc1. The summed E-state index contributed by atoms with van der Waals surface area (Å²) in [5, 5.41) is 0. The number of hydrogen-bond donors (Lipinski definition) is 0. The van der Waals surface area contributed by atoms with Crippen molar-refractivity contribution >= 4 is 0 Å². The van der Waals surface area contributed by atoms with Crippen molar-refractivity contribution in [3.05, 3.63) is 35.4 Å². The van der Waals surface area contributed by atoms with Crippen LogP contribution in [0.3, 0.4) is 0 Å². The summed E-state index contributed by atoms with van der Waals surface area (Å²) in [6, 6.07) is 9.11. The predicted molar refractivity (Wildman–Crippen MR) is 115 cm³/mol. The molecule has 1 aromatic rings. The molecule has 0 saturated heterocycles. The van der Waals surface area contributed by atoms with Gasteiger partial charge in [0, 0.05) is 12.3 Å². The lowest BCUT2D eigenvalue weighted by Gasteiger charge is -2.42. The first kappa shape index (κ1) is 21.8. The summed E-state index contributed by atoms with van der Waals surface area (Å²) in [5.74, 6) is -1.50. The first-order valence-corrected chi connectivity index (χ1v) is 12.0. The molecule has 1 aromatic carbocycles. The van der Waals surface area contributed by atoms with E-state index in [1.807, 2.05) is 0 Å².